The SMILES string of the molecule is CC(C)NC(=O)C(C)Sc1nnc(N2CCCC2)n1-c1ccccc1Cl. The van der Waals surface area contributed by atoms with Gasteiger partial charge in [0.2, 0.25) is 11.9 Å². The molecule has 26 heavy (non-hydrogen) atoms. The summed E-state index contributed by atoms with van der Waals surface area (Å²) in [6.07, 6.45) is 2.29. The van der Waals surface area contributed by atoms with E-state index in [0.717, 1.165) is 37.6 Å². The van der Waals surface area contributed by atoms with Crippen molar-refractivity contribution in [3.05, 3.63) is 29.3 Å². The molecule has 2 aromatic rings. The molecule has 0 bridgehead atoms. The van der Waals surface area contributed by atoms with Gasteiger partial charge in [0.1, 0.15) is 0 Å². The zero-order valence-electron chi connectivity index (χ0n) is 15.3. The van der Waals surface area contributed by atoms with E-state index >= 15 is 0 Å². The third kappa shape index (κ3) is 4.15. The van der Waals surface area contributed by atoms with Crippen molar-refractivity contribution in [1.29, 1.82) is 0 Å². The molecule has 0 spiro atoms. The van der Waals surface area contributed by atoms with Crippen molar-refractivity contribution < 1.29 is 4.79 Å². The van der Waals surface area contributed by atoms with Crippen LogP contribution in [-0.4, -0.2) is 45.1 Å². The molecule has 0 aliphatic carbocycles. The van der Waals surface area contributed by atoms with Gasteiger partial charge in [-0.25, -0.2) is 0 Å². The number of halogens is 1. The Bertz CT molecular complexity index is 773. The van der Waals surface area contributed by atoms with Gasteiger partial charge in [0, 0.05) is 19.1 Å². The second kappa shape index (κ2) is 8.31. The highest BCUT2D eigenvalue weighted by Crippen LogP contribution is 2.33. The summed E-state index contributed by atoms with van der Waals surface area (Å²) in [6.45, 7) is 7.69. The Morgan fingerprint density at radius 3 is 2.54 bits per heavy atom. The highest BCUT2D eigenvalue weighted by Gasteiger charge is 2.26. The standard InChI is InChI=1S/C18H24ClN5OS/c1-12(2)20-16(25)13(3)26-18-22-21-17(23-10-6-7-11-23)24(18)15-9-5-4-8-14(15)19/h4-5,8-9,12-13H,6-7,10-11H2,1-3H3,(H,20,25). The van der Waals surface area contributed by atoms with E-state index in [9.17, 15) is 4.79 Å². The fourth-order valence-corrected chi connectivity index (χ4v) is 4.00. The minimum Gasteiger partial charge on any atom is -0.353 e. The topological polar surface area (TPSA) is 63.1 Å². The molecule has 1 aliphatic heterocycles. The Morgan fingerprint density at radius 1 is 1.19 bits per heavy atom. The van der Waals surface area contributed by atoms with Crippen LogP contribution in [0.1, 0.15) is 33.6 Å². The maximum Gasteiger partial charge on any atom is 0.233 e. The molecule has 2 heterocycles. The normalized spacial score (nSPS) is 15.5. The second-order valence-electron chi connectivity index (χ2n) is 6.69. The smallest absolute Gasteiger partial charge is 0.233 e. The molecule has 1 fully saturated rings. The Balaban J connectivity index is 1.95. The summed E-state index contributed by atoms with van der Waals surface area (Å²) >= 11 is 7.85. The number of benzene rings is 1. The first-order valence-corrected chi connectivity index (χ1v) is 10.2. The fraction of sp³-hybridized carbons (Fsp3) is 0.500. The van der Waals surface area contributed by atoms with Crippen LogP contribution in [0.25, 0.3) is 5.69 Å². The lowest BCUT2D eigenvalue weighted by Crippen LogP contribution is -2.36. The number of rotatable bonds is 6. The molecular formula is C18H24ClN5OS. The largest absolute Gasteiger partial charge is 0.353 e. The summed E-state index contributed by atoms with van der Waals surface area (Å²) in [7, 11) is 0. The predicted octanol–water partition coefficient (Wildman–Crippen LogP) is 3.53. The van der Waals surface area contributed by atoms with Crippen LogP contribution in [0.15, 0.2) is 29.4 Å². The monoisotopic (exact) mass is 393 g/mol. The lowest BCUT2D eigenvalue weighted by Gasteiger charge is -2.20. The minimum atomic E-state index is -0.283. The maximum atomic E-state index is 12.3. The van der Waals surface area contributed by atoms with E-state index in [-0.39, 0.29) is 17.2 Å². The molecule has 0 saturated carbocycles. The number of nitrogens with one attached hydrogen (secondary N) is 1. The van der Waals surface area contributed by atoms with Crippen LogP contribution in [-0.2, 0) is 4.79 Å². The van der Waals surface area contributed by atoms with Gasteiger partial charge in [0.05, 0.1) is 16.0 Å². The number of carbonyl (C=O) groups excluding carboxylic acids is 1. The van der Waals surface area contributed by atoms with E-state index in [4.69, 9.17) is 11.6 Å². The third-order valence-electron chi connectivity index (χ3n) is 4.18. The number of amides is 1. The van der Waals surface area contributed by atoms with Crippen LogP contribution in [0.3, 0.4) is 0 Å². The molecule has 3 rings (SSSR count). The zero-order valence-corrected chi connectivity index (χ0v) is 16.8. The van der Waals surface area contributed by atoms with Crippen molar-refractivity contribution >= 4 is 35.2 Å². The number of hydrogen-bond acceptors (Lipinski definition) is 5. The first kappa shape index (κ1) is 19.0. The second-order valence-corrected chi connectivity index (χ2v) is 8.40. The van der Waals surface area contributed by atoms with Crippen molar-refractivity contribution in [2.45, 2.75) is 50.1 Å². The van der Waals surface area contributed by atoms with E-state index in [1.165, 1.54) is 11.8 Å². The number of carbonyl (C=O) groups is 1. The molecule has 1 saturated heterocycles. The van der Waals surface area contributed by atoms with E-state index in [0.29, 0.717) is 10.2 Å². The summed E-state index contributed by atoms with van der Waals surface area (Å²) in [6, 6.07) is 7.75. The molecule has 1 atom stereocenters. The summed E-state index contributed by atoms with van der Waals surface area (Å²) in [4.78, 5) is 14.5. The van der Waals surface area contributed by atoms with Gasteiger partial charge in [0.15, 0.2) is 5.16 Å². The summed E-state index contributed by atoms with van der Waals surface area (Å²) in [5.74, 6) is 0.774. The predicted molar refractivity (Wildman–Crippen MR) is 106 cm³/mol. The van der Waals surface area contributed by atoms with E-state index in [2.05, 4.69) is 20.4 Å². The minimum absolute atomic E-state index is 0.0126. The van der Waals surface area contributed by atoms with Crippen molar-refractivity contribution in [2.75, 3.05) is 18.0 Å². The Labute approximate surface area is 163 Å². The van der Waals surface area contributed by atoms with Gasteiger partial charge in [-0.3, -0.25) is 9.36 Å². The third-order valence-corrected chi connectivity index (χ3v) is 5.54. The summed E-state index contributed by atoms with van der Waals surface area (Å²) in [5, 5.41) is 12.8. The van der Waals surface area contributed by atoms with Crippen LogP contribution < -0.4 is 10.2 Å². The Morgan fingerprint density at radius 2 is 1.88 bits per heavy atom. The van der Waals surface area contributed by atoms with Gasteiger partial charge in [-0.2, -0.15) is 0 Å². The number of anilines is 1. The lowest BCUT2D eigenvalue weighted by molar-refractivity contribution is -0.120. The van der Waals surface area contributed by atoms with Gasteiger partial charge in [0.25, 0.3) is 0 Å². The van der Waals surface area contributed by atoms with Crippen LogP contribution in [0.5, 0.6) is 0 Å². The molecule has 1 aromatic heterocycles. The maximum absolute atomic E-state index is 12.3. The van der Waals surface area contributed by atoms with Crippen LogP contribution >= 0.6 is 23.4 Å². The van der Waals surface area contributed by atoms with Gasteiger partial charge >= 0.3 is 0 Å². The molecule has 0 radical (unpaired) electrons. The van der Waals surface area contributed by atoms with Crippen molar-refractivity contribution in [1.82, 2.24) is 20.1 Å². The Kier molecular flexibility index (Phi) is 6.09. The van der Waals surface area contributed by atoms with Crippen LogP contribution in [0, 0.1) is 0 Å². The fourth-order valence-electron chi connectivity index (χ4n) is 2.92. The highest BCUT2D eigenvalue weighted by atomic mass is 35.5. The molecule has 1 unspecified atom stereocenters. The van der Waals surface area contributed by atoms with Crippen molar-refractivity contribution in [3.63, 3.8) is 0 Å². The Hall–Kier alpha value is -1.73. The van der Waals surface area contributed by atoms with Gasteiger partial charge < -0.3 is 10.2 Å². The van der Waals surface area contributed by atoms with E-state index < -0.39 is 0 Å². The van der Waals surface area contributed by atoms with Crippen molar-refractivity contribution in [3.8, 4) is 5.69 Å². The average molecular weight is 394 g/mol. The first-order chi connectivity index (χ1) is 12.5. The molecule has 8 heteroatoms. The molecule has 1 aromatic carbocycles. The average Bonchev–Trinajstić information content (AvgIpc) is 3.24. The summed E-state index contributed by atoms with van der Waals surface area (Å²) < 4.78 is 1.97. The number of hydrogen-bond donors (Lipinski definition) is 1. The van der Waals surface area contributed by atoms with E-state index in [1.54, 1.807) is 0 Å². The van der Waals surface area contributed by atoms with Gasteiger partial charge in [-0.1, -0.05) is 35.5 Å². The van der Waals surface area contributed by atoms with E-state index in [1.807, 2.05) is 49.6 Å². The zero-order chi connectivity index (χ0) is 18.7. The molecule has 1 N–H and O–H groups in total. The number of para-hydroxylation sites is 1. The summed E-state index contributed by atoms with van der Waals surface area (Å²) in [5.41, 5.74) is 0.833. The van der Waals surface area contributed by atoms with Crippen LogP contribution in [0.2, 0.25) is 5.02 Å². The van der Waals surface area contributed by atoms with Gasteiger partial charge in [-0.05, 0) is 45.7 Å². The number of aromatic nitrogens is 3. The molecule has 140 valence electrons. The lowest BCUT2D eigenvalue weighted by atomic mass is 10.3. The molecule has 1 aliphatic rings. The van der Waals surface area contributed by atoms with Gasteiger partial charge in [-0.15, -0.1) is 10.2 Å². The first-order valence-electron chi connectivity index (χ1n) is 8.89. The number of nitrogens with zero attached hydrogens (tertiary/aromatic N) is 4. The highest BCUT2D eigenvalue weighted by molar-refractivity contribution is 8.00. The molecular weight excluding hydrogens is 370 g/mol. The molecule has 1 amide bonds. The van der Waals surface area contributed by atoms with Crippen LogP contribution in [0.4, 0.5) is 5.95 Å². The van der Waals surface area contributed by atoms with Crippen molar-refractivity contribution in [2.24, 2.45) is 0 Å². The number of thioether (sulfide) groups is 1. The molecule has 6 nitrogen and oxygen atoms in total. The quantitative estimate of drug-likeness (QED) is 0.760.